The number of hydrogen-bond acceptors (Lipinski definition) is 4. The molecular weight excluding hydrogens is 209 g/mol. The highest BCUT2D eigenvalue weighted by atomic mass is 19.4. The number of aromatic nitrogens is 2. The number of alkyl halides is 3. The van der Waals surface area contributed by atoms with Gasteiger partial charge in [0.15, 0.2) is 5.69 Å². The van der Waals surface area contributed by atoms with Crippen molar-refractivity contribution in [2.24, 2.45) is 0 Å². The van der Waals surface area contributed by atoms with Crippen LogP contribution in [0.15, 0.2) is 0 Å². The molecule has 80 valence electrons. The molecule has 0 radical (unpaired) electrons. The summed E-state index contributed by atoms with van der Waals surface area (Å²) in [4.78, 5) is 6.62. The molecule has 1 heterocycles. The lowest BCUT2D eigenvalue weighted by molar-refractivity contribution is -0.141. The molecule has 4 nitrogen and oxygen atoms in total. The van der Waals surface area contributed by atoms with Gasteiger partial charge >= 0.3 is 6.18 Å². The molecule has 0 spiro atoms. The number of rotatable bonds is 1. The predicted molar refractivity (Wildman–Crippen MR) is 45.5 cm³/mol. The Hall–Kier alpha value is -1.84. The lowest BCUT2D eigenvalue weighted by Gasteiger charge is -2.10. The van der Waals surface area contributed by atoms with Gasteiger partial charge in [-0.3, -0.25) is 0 Å². The van der Waals surface area contributed by atoms with E-state index in [-0.39, 0.29) is 12.1 Å². The number of nitrogen functional groups attached to an aromatic ring is 1. The Labute approximate surface area is 83.6 Å². The van der Waals surface area contributed by atoms with E-state index in [9.17, 15) is 13.2 Å². The first-order chi connectivity index (χ1) is 6.90. The average molecular weight is 216 g/mol. The molecule has 15 heavy (non-hydrogen) atoms. The fraction of sp³-hybridized carbons (Fsp3) is 0.375. The molecule has 0 fully saturated rings. The zero-order valence-corrected chi connectivity index (χ0v) is 7.76. The highest BCUT2D eigenvalue weighted by molar-refractivity contribution is 5.42. The summed E-state index contributed by atoms with van der Waals surface area (Å²) in [5.41, 5.74) is 3.31. The lowest BCUT2D eigenvalue weighted by Crippen LogP contribution is -2.15. The van der Waals surface area contributed by atoms with Gasteiger partial charge in [-0.2, -0.15) is 18.4 Å². The third-order valence-corrected chi connectivity index (χ3v) is 1.72. The van der Waals surface area contributed by atoms with E-state index in [1.165, 1.54) is 6.07 Å². The quantitative estimate of drug-likeness (QED) is 0.771. The van der Waals surface area contributed by atoms with Crippen LogP contribution in [0.1, 0.15) is 23.9 Å². The van der Waals surface area contributed by atoms with Gasteiger partial charge in [0.1, 0.15) is 11.6 Å². The molecule has 1 aromatic rings. The first kappa shape index (κ1) is 11.2. The van der Waals surface area contributed by atoms with Crippen LogP contribution in [0.2, 0.25) is 0 Å². The minimum Gasteiger partial charge on any atom is -0.368 e. The van der Waals surface area contributed by atoms with E-state index in [2.05, 4.69) is 9.97 Å². The van der Waals surface area contributed by atoms with Crippen LogP contribution in [-0.4, -0.2) is 9.97 Å². The van der Waals surface area contributed by atoms with Gasteiger partial charge < -0.3 is 5.73 Å². The number of nitrogens with two attached hydrogens (primary N) is 1. The molecule has 1 rings (SSSR count). The van der Waals surface area contributed by atoms with Crippen LogP contribution < -0.4 is 5.73 Å². The van der Waals surface area contributed by atoms with Crippen LogP contribution in [0, 0.1) is 11.3 Å². The first-order valence-electron chi connectivity index (χ1n) is 4.03. The van der Waals surface area contributed by atoms with Gasteiger partial charge in [0.2, 0.25) is 5.95 Å². The van der Waals surface area contributed by atoms with Crippen molar-refractivity contribution < 1.29 is 13.2 Å². The van der Waals surface area contributed by atoms with Gasteiger partial charge in [0, 0.05) is 0 Å². The third-order valence-electron chi connectivity index (χ3n) is 1.72. The number of hydrogen-bond donors (Lipinski definition) is 1. The number of nitrogens with zero attached hydrogens (tertiary/aromatic N) is 3. The summed E-state index contributed by atoms with van der Waals surface area (Å²) in [5.74, 6) is -0.474. The highest BCUT2D eigenvalue weighted by Crippen LogP contribution is 2.31. The predicted octanol–water partition coefficient (Wildman–Crippen LogP) is 1.51. The van der Waals surface area contributed by atoms with Crippen molar-refractivity contribution in [2.45, 2.75) is 19.5 Å². The van der Waals surface area contributed by atoms with Crippen molar-refractivity contribution in [3.8, 4) is 6.07 Å². The maximum atomic E-state index is 12.4. The molecule has 0 aliphatic heterocycles. The molecule has 0 aromatic carbocycles. The summed E-state index contributed by atoms with van der Waals surface area (Å²) in [6.45, 7) is 1.59. The van der Waals surface area contributed by atoms with Gasteiger partial charge in [-0.15, -0.1) is 0 Å². The molecule has 0 atom stereocenters. The van der Waals surface area contributed by atoms with E-state index in [4.69, 9.17) is 11.0 Å². The van der Waals surface area contributed by atoms with Crippen LogP contribution in [0.25, 0.3) is 0 Å². The Bertz CT molecular complexity index is 419. The van der Waals surface area contributed by atoms with E-state index in [1.807, 2.05) is 0 Å². The molecule has 0 unspecified atom stereocenters. The van der Waals surface area contributed by atoms with Crippen LogP contribution >= 0.6 is 0 Å². The molecule has 2 N–H and O–H groups in total. The van der Waals surface area contributed by atoms with Gasteiger partial charge in [-0.1, -0.05) is 6.92 Å². The van der Waals surface area contributed by atoms with E-state index in [0.29, 0.717) is 0 Å². The van der Waals surface area contributed by atoms with Crippen molar-refractivity contribution in [1.82, 2.24) is 9.97 Å². The van der Waals surface area contributed by atoms with Crippen molar-refractivity contribution >= 4 is 5.95 Å². The minimum atomic E-state index is -4.69. The summed E-state index contributed by atoms with van der Waals surface area (Å²) in [7, 11) is 0. The molecule has 0 saturated heterocycles. The summed E-state index contributed by atoms with van der Waals surface area (Å²) in [5, 5.41) is 8.61. The van der Waals surface area contributed by atoms with Crippen molar-refractivity contribution in [3.05, 3.63) is 17.0 Å². The Morgan fingerprint density at radius 1 is 1.40 bits per heavy atom. The molecular formula is C8H7F3N4. The summed E-state index contributed by atoms with van der Waals surface area (Å²) >= 11 is 0. The van der Waals surface area contributed by atoms with E-state index >= 15 is 0 Å². The van der Waals surface area contributed by atoms with Crippen molar-refractivity contribution in [3.63, 3.8) is 0 Å². The van der Waals surface area contributed by atoms with E-state index in [1.54, 1.807) is 6.92 Å². The zero-order chi connectivity index (χ0) is 11.6. The third kappa shape index (κ3) is 2.15. The SMILES string of the molecule is CCc1nc(N)nc(C(F)(F)F)c1C#N. The zero-order valence-electron chi connectivity index (χ0n) is 7.76. The lowest BCUT2D eigenvalue weighted by atomic mass is 10.1. The molecule has 0 saturated carbocycles. The second-order valence-corrected chi connectivity index (χ2v) is 2.72. The molecule has 0 aliphatic carbocycles. The minimum absolute atomic E-state index is 0.0114. The maximum absolute atomic E-state index is 12.4. The Morgan fingerprint density at radius 2 is 2.00 bits per heavy atom. The smallest absolute Gasteiger partial charge is 0.368 e. The average Bonchev–Trinajstić information content (AvgIpc) is 2.15. The normalized spacial score (nSPS) is 11.1. The standard InChI is InChI=1S/C8H7F3N4/c1-2-5-4(3-12)6(8(9,10)11)15-7(13)14-5/h2H2,1H3,(H2,13,14,15). The molecule has 0 aliphatic rings. The molecule has 0 bridgehead atoms. The Morgan fingerprint density at radius 3 is 2.40 bits per heavy atom. The molecule has 7 heteroatoms. The monoisotopic (exact) mass is 216 g/mol. The maximum Gasteiger partial charge on any atom is 0.434 e. The van der Waals surface area contributed by atoms with Crippen LogP contribution in [0.5, 0.6) is 0 Å². The van der Waals surface area contributed by atoms with E-state index in [0.717, 1.165) is 0 Å². The van der Waals surface area contributed by atoms with Crippen molar-refractivity contribution in [1.29, 1.82) is 5.26 Å². The van der Waals surface area contributed by atoms with Crippen molar-refractivity contribution in [2.75, 3.05) is 5.73 Å². The van der Waals surface area contributed by atoms with Crippen LogP contribution in [0.3, 0.4) is 0 Å². The topological polar surface area (TPSA) is 75.6 Å². The fourth-order valence-corrected chi connectivity index (χ4v) is 1.10. The van der Waals surface area contributed by atoms with Crippen LogP contribution in [0.4, 0.5) is 19.1 Å². The van der Waals surface area contributed by atoms with Gasteiger partial charge in [0.05, 0.1) is 5.69 Å². The first-order valence-corrected chi connectivity index (χ1v) is 4.03. The number of halogens is 3. The largest absolute Gasteiger partial charge is 0.434 e. The number of aryl methyl sites for hydroxylation is 1. The second-order valence-electron chi connectivity index (χ2n) is 2.72. The Kier molecular flexibility index (Phi) is 2.79. The molecule has 0 amide bonds. The Balaban J connectivity index is 3.51. The van der Waals surface area contributed by atoms with Gasteiger partial charge in [-0.05, 0) is 6.42 Å². The van der Waals surface area contributed by atoms with Gasteiger partial charge in [-0.25, -0.2) is 9.97 Å². The number of anilines is 1. The van der Waals surface area contributed by atoms with E-state index < -0.39 is 23.4 Å². The summed E-state index contributed by atoms with van der Waals surface area (Å²) < 4.78 is 37.3. The number of nitriles is 1. The summed E-state index contributed by atoms with van der Waals surface area (Å²) in [6, 6.07) is 1.45. The van der Waals surface area contributed by atoms with Crippen LogP contribution in [-0.2, 0) is 12.6 Å². The second kappa shape index (κ2) is 3.73. The fourth-order valence-electron chi connectivity index (χ4n) is 1.10. The molecule has 1 aromatic heterocycles. The van der Waals surface area contributed by atoms with Gasteiger partial charge in [0.25, 0.3) is 0 Å². The summed E-state index contributed by atoms with van der Waals surface area (Å²) in [6.07, 6.45) is -4.50. The highest BCUT2D eigenvalue weighted by Gasteiger charge is 2.37.